The van der Waals surface area contributed by atoms with Crippen LogP contribution in [0.2, 0.25) is 0 Å². The van der Waals surface area contributed by atoms with E-state index < -0.39 is 10.0 Å². The molecule has 0 fully saturated rings. The molecule has 35 heavy (non-hydrogen) atoms. The largest absolute Gasteiger partial charge is 0.454 e. The van der Waals surface area contributed by atoms with Crippen LogP contribution in [0, 0.1) is 6.92 Å². The highest BCUT2D eigenvalue weighted by atomic mass is 32.2. The van der Waals surface area contributed by atoms with Crippen molar-refractivity contribution in [3.63, 3.8) is 0 Å². The average molecular weight is 501 g/mol. The van der Waals surface area contributed by atoms with Gasteiger partial charge in [0.25, 0.3) is 5.91 Å². The molecular formula is C26H32N2O6S. The highest BCUT2D eigenvalue weighted by Crippen LogP contribution is 2.33. The smallest absolute Gasteiger partial charge is 0.287 e. The maximum Gasteiger partial charge on any atom is 0.287 e. The predicted octanol–water partition coefficient (Wildman–Crippen LogP) is 4.99. The Hall–Kier alpha value is -3.04. The molecular weight excluding hydrogens is 468 g/mol. The molecule has 1 aliphatic rings. The molecule has 8 nitrogen and oxygen atoms in total. The van der Waals surface area contributed by atoms with Crippen LogP contribution in [0.5, 0.6) is 11.5 Å². The molecule has 0 saturated carbocycles. The zero-order chi connectivity index (χ0) is 25.0. The van der Waals surface area contributed by atoms with E-state index in [1.54, 1.807) is 29.4 Å². The molecule has 0 atom stereocenters. The minimum Gasteiger partial charge on any atom is -0.454 e. The van der Waals surface area contributed by atoms with Gasteiger partial charge in [0, 0.05) is 30.6 Å². The number of amides is 1. The molecule has 2 aromatic carbocycles. The highest BCUT2D eigenvalue weighted by Gasteiger charge is 2.26. The van der Waals surface area contributed by atoms with Crippen molar-refractivity contribution in [3.8, 4) is 11.5 Å². The van der Waals surface area contributed by atoms with Crippen LogP contribution in [0.4, 0.5) is 0 Å². The van der Waals surface area contributed by atoms with Crippen molar-refractivity contribution in [2.75, 3.05) is 19.9 Å². The molecule has 1 amide bonds. The van der Waals surface area contributed by atoms with Gasteiger partial charge in [-0.2, -0.15) is 4.31 Å². The molecule has 2 heterocycles. The first-order chi connectivity index (χ1) is 16.8. The molecule has 0 unspecified atom stereocenters. The van der Waals surface area contributed by atoms with E-state index in [4.69, 9.17) is 13.9 Å². The van der Waals surface area contributed by atoms with Crippen LogP contribution in [0.1, 0.15) is 61.2 Å². The van der Waals surface area contributed by atoms with E-state index in [1.165, 1.54) is 0 Å². The third kappa shape index (κ3) is 5.31. The predicted molar refractivity (Wildman–Crippen MR) is 133 cm³/mol. The van der Waals surface area contributed by atoms with Crippen LogP contribution < -0.4 is 14.8 Å². The standard InChI is InChI=1S/C26H32N2O6S/c1-4-6-12-28(13-7-5-2)35(30,31)20-9-11-22-21(15-20)18(3)25(34-22)26(29)27-16-19-8-10-23-24(14-19)33-17-32-23/h8-11,14-15H,4-7,12-13,16-17H2,1-3H3,(H,27,29). The van der Waals surface area contributed by atoms with E-state index in [0.717, 1.165) is 31.2 Å². The fourth-order valence-corrected chi connectivity index (χ4v) is 5.60. The Kier molecular flexibility index (Phi) is 7.66. The lowest BCUT2D eigenvalue weighted by molar-refractivity contribution is 0.0924. The molecule has 1 aromatic heterocycles. The molecule has 4 rings (SSSR count). The number of furan rings is 1. The normalized spacial score (nSPS) is 13.0. The van der Waals surface area contributed by atoms with Gasteiger partial charge in [-0.05, 0) is 55.7 Å². The van der Waals surface area contributed by atoms with Crippen LogP contribution in [0.3, 0.4) is 0 Å². The van der Waals surface area contributed by atoms with Gasteiger partial charge in [-0.3, -0.25) is 4.79 Å². The first-order valence-electron chi connectivity index (χ1n) is 12.0. The van der Waals surface area contributed by atoms with Crippen LogP contribution in [-0.4, -0.2) is 38.5 Å². The number of fused-ring (bicyclic) bond motifs is 2. The average Bonchev–Trinajstić information content (AvgIpc) is 3.46. The van der Waals surface area contributed by atoms with E-state index in [0.29, 0.717) is 41.1 Å². The van der Waals surface area contributed by atoms with Crippen molar-refractivity contribution in [2.24, 2.45) is 0 Å². The van der Waals surface area contributed by atoms with Crippen molar-refractivity contribution >= 4 is 26.9 Å². The van der Waals surface area contributed by atoms with Crippen molar-refractivity contribution in [3.05, 3.63) is 53.3 Å². The number of benzene rings is 2. The summed E-state index contributed by atoms with van der Waals surface area (Å²) in [4.78, 5) is 13.1. The summed E-state index contributed by atoms with van der Waals surface area (Å²) in [7, 11) is -3.65. The Balaban J connectivity index is 1.54. The number of carbonyl (C=O) groups is 1. The van der Waals surface area contributed by atoms with Crippen LogP contribution in [0.25, 0.3) is 11.0 Å². The van der Waals surface area contributed by atoms with Gasteiger partial charge in [-0.25, -0.2) is 8.42 Å². The summed E-state index contributed by atoms with van der Waals surface area (Å²) in [6, 6.07) is 10.3. The van der Waals surface area contributed by atoms with E-state index in [2.05, 4.69) is 5.32 Å². The molecule has 1 aliphatic heterocycles. The number of aryl methyl sites for hydroxylation is 1. The second-order valence-corrected chi connectivity index (χ2v) is 10.6. The first-order valence-corrected chi connectivity index (χ1v) is 13.5. The van der Waals surface area contributed by atoms with Gasteiger partial charge < -0.3 is 19.2 Å². The number of sulfonamides is 1. The van der Waals surface area contributed by atoms with Crippen molar-refractivity contribution < 1.29 is 27.1 Å². The summed E-state index contributed by atoms with van der Waals surface area (Å²) in [5.74, 6) is 1.14. The SMILES string of the molecule is CCCCN(CCCC)S(=O)(=O)c1ccc2oc(C(=O)NCc3ccc4c(c3)OCO4)c(C)c2c1. The van der Waals surface area contributed by atoms with Crippen LogP contribution in [0.15, 0.2) is 45.7 Å². The van der Waals surface area contributed by atoms with Crippen LogP contribution >= 0.6 is 0 Å². The lowest BCUT2D eigenvalue weighted by Crippen LogP contribution is -2.33. The Bertz CT molecular complexity index is 1310. The molecule has 0 radical (unpaired) electrons. The monoisotopic (exact) mass is 500 g/mol. The summed E-state index contributed by atoms with van der Waals surface area (Å²) in [5, 5.41) is 3.48. The molecule has 188 valence electrons. The van der Waals surface area contributed by atoms with E-state index in [1.807, 2.05) is 32.0 Å². The molecule has 0 saturated heterocycles. The van der Waals surface area contributed by atoms with Gasteiger partial charge in [-0.15, -0.1) is 0 Å². The molecule has 0 spiro atoms. The zero-order valence-electron chi connectivity index (χ0n) is 20.4. The number of unbranched alkanes of at least 4 members (excludes halogenated alkanes) is 2. The van der Waals surface area contributed by atoms with Gasteiger partial charge in [0.05, 0.1) is 4.90 Å². The fraction of sp³-hybridized carbons (Fsp3) is 0.423. The minimum absolute atomic E-state index is 0.170. The lowest BCUT2D eigenvalue weighted by atomic mass is 10.1. The topological polar surface area (TPSA) is 98.1 Å². The number of nitrogens with one attached hydrogen (secondary N) is 1. The second-order valence-electron chi connectivity index (χ2n) is 8.70. The van der Waals surface area contributed by atoms with Crippen molar-refractivity contribution in [1.29, 1.82) is 0 Å². The summed E-state index contributed by atoms with van der Waals surface area (Å²) in [6.45, 7) is 7.33. The van der Waals surface area contributed by atoms with Gasteiger partial charge in [0.1, 0.15) is 5.58 Å². The number of hydrogen-bond acceptors (Lipinski definition) is 6. The van der Waals surface area contributed by atoms with Gasteiger partial charge in [-0.1, -0.05) is 32.8 Å². The molecule has 1 N–H and O–H groups in total. The zero-order valence-corrected chi connectivity index (χ0v) is 21.2. The quantitative estimate of drug-likeness (QED) is 0.398. The number of carbonyl (C=O) groups excluding carboxylic acids is 1. The highest BCUT2D eigenvalue weighted by molar-refractivity contribution is 7.89. The molecule has 0 bridgehead atoms. The number of ether oxygens (including phenoxy) is 2. The number of nitrogens with zero attached hydrogens (tertiary/aromatic N) is 1. The Morgan fingerprint density at radius 2 is 1.71 bits per heavy atom. The maximum atomic E-state index is 13.4. The van der Waals surface area contributed by atoms with Gasteiger partial charge >= 0.3 is 0 Å². The second kappa shape index (κ2) is 10.7. The first kappa shape index (κ1) is 25.1. The van der Waals surface area contributed by atoms with Gasteiger partial charge in [0.2, 0.25) is 16.8 Å². The third-order valence-electron chi connectivity index (χ3n) is 6.16. The summed E-state index contributed by atoms with van der Waals surface area (Å²) in [6.07, 6.45) is 3.46. The number of rotatable bonds is 11. The summed E-state index contributed by atoms with van der Waals surface area (Å²) >= 11 is 0. The third-order valence-corrected chi connectivity index (χ3v) is 8.06. The van der Waals surface area contributed by atoms with Gasteiger partial charge in [0.15, 0.2) is 17.3 Å². The lowest BCUT2D eigenvalue weighted by Gasteiger charge is -2.22. The fourth-order valence-electron chi connectivity index (χ4n) is 4.06. The Morgan fingerprint density at radius 3 is 2.43 bits per heavy atom. The van der Waals surface area contributed by atoms with E-state index >= 15 is 0 Å². The van der Waals surface area contributed by atoms with Crippen molar-refractivity contribution in [2.45, 2.75) is 57.9 Å². The molecule has 0 aliphatic carbocycles. The maximum absolute atomic E-state index is 13.4. The molecule has 9 heteroatoms. The Morgan fingerprint density at radius 1 is 1.00 bits per heavy atom. The van der Waals surface area contributed by atoms with E-state index in [9.17, 15) is 13.2 Å². The van der Waals surface area contributed by atoms with Crippen LogP contribution in [-0.2, 0) is 16.6 Å². The molecule has 3 aromatic rings. The Labute approximate surface area is 206 Å². The minimum atomic E-state index is -3.65. The van der Waals surface area contributed by atoms with E-state index in [-0.39, 0.29) is 29.9 Å². The summed E-state index contributed by atoms with van der Waals surface area (Å²) < 4.78 is 44.8. The number of hydrogen-bond donors (Lipinski definition) is 1. The van der Waals surface area contributed by atoms with Crippen molar-refractivity contribution in [1.82, 2.24) is 9.62 Å². The summed E-state index contributed by atoms with van der Waals surface area (Å²) in [5.41, 5.74) is 1.95.